The highest BCUT2D eigenvalue weighted by atomic mass is 79.9. The lowest BCUT2D eigenvalue weighted by atomic mass is 10.1. The van der Waals surface area contributed by atoms with Gasteiger partial charge in [0.2, 0.25) is 5.95 Å². The van der Waals surface area contributed by atoms with Crippen molar-refractivity contribution in [2.45, 2.75) is 32.2 Å². The Labute approximate surface area is 109 Å². The zero-order chi connectivity index (χ0) is 11.8. The van der Waals surface area contributed by atoms with Gasteiger partial charge in [-0.15, -0.1) is 5.10 Å². The highest BCUT2D eigenvalue weighted by Gasteiger charge is 2.24. The van der Waals surface area contributed by atoms with Crippen molar-refractivity contribution in [3.63, 3.8) is 0 Å². The largest absolute Gasteiger partial charge is 0.350 e. The number of anilines is 1. The van der Waals surface area contributed by atoms with Gasteiger partial charge in [0.25, 0.3) is 0 Å². The average molecular weight is 295 g/mol. The fourth-order valence-electron chi connectivity index (χ4n) is 2.46. The highest BCUT2D eigenvalue weighted by Crippen LogP contribution is 2.27. The van der Waals surface area contributed by atoms with Crippen molar-refractivity contribution in [1.29, 1.82) is 0 Å². The Morgan fingerprint density at radius 1 is 1.47 bits per heavy atom. The van der Waals surface area contributed by atoms with E-state index in [1.54, 1.807) is 4.52 Å². The molecule has 2 unspecified atom stereocenters. The Morgan fingerprint density at radius 2 is 2.35 bits per heavy atom. The molecule has 90 valence electrons. The Hall–Kier alpha value is -1.10. The van der Waals surface area contributed by atoms with Crippen LogP contribution in [-0.4, -0.2) is 20.6 Å². The van der Waals surface area contributed by atoms with Crippen LogP contribution in [0, 0.1) is 5.92 Å². The van der Waals surface area contributed by atoms with E-state index in [1.807, 2.05) is 18.3 Å². The molecule has 3 rings (SSSR count). The minimum absolute atomic E-state index is 0.520. The number of halogens is 1. The third kappa shape index (κ3) is 2.04. The average Bonchev–Trinajstić information content (AvgIpc) is 2.87. The molecule has 0 aromatic carbocycles. The van der Waals surface area contributed by atoms with Crippen LogP contribution in [0.3, 0.4) is 0 Å². The second-order valence-corrected chi connectivity index (χ2v) is 5.57. The third-order valence-electron chi connectivity index (χ3n) is 3.49. The molecule has 1 aliphatic rings. The van der Waals surface area contributed by atoms with Gasteiger partial charge in [0.15, 0.2) is 5.65 Å². The number of nitrogens with one attached hydrogen (secondary N) is 1. The molecule has 0 radical (unpaired) electrons. The summed E-state index contributed by atoms with van der Waals surface area (Å²) in [6.07, 6.45) is 5.73. The molecule has 0 aliphatic heterocycles. The molecule has 4 nitrogen and oxygen atoms in total. The number of nitrogens with zero attached hydrogens (tertiary/aromatic N) is 3. The summed E-state index contributed by atoms with van der Waals surface area (Å²) in [5, 5.41) is 7.88. The smallest absolute Gasteiger partial charge is 0.243 e. The quantitative estimate of drug-likeness (QED) is 0.925. The molecule has 2 heterocycles. The van der Waals surface area contributed by atoms with Crippen molar-refractivity contribution in [3.8, 4) is 0 Å². The zero-order valence-corrected chi connectivity index (χ0v) is 11.3. The molecule has 0 saturated heterocycles. The van der Waals surface area contributed by atoms with Crippen LogP contribution in [0.4, 0.5) is 5.95 Å². The predicted octanol–water partition coefficient (Wildman–Crippen LogP) is 3.09. The number of hydrogen-bond donors (Lipinski definition) is 1. The van der Waals surface area contributed by atoms with Crippen LogP contribution in [-0.2, 0) is 0 Å². The molecular formula is C12H15BrN4. The molecule has 1 saturated carbocycles. The molecule has 2 atom stereocenters. The summed E-state index contributed by atoms with van der Waals surface area (Å²) in [6, 6.07) is 4.45. The fraction of sp³-hybridized carbons (Fsp3) is 0.500. The fourth-order valence-corrected chi connectivity index (χ4v) is 2.88. The molecule has 0 bridgehead atoms. The van der Waals surface area contributed by atoms with E-state index < -0.39 is 0 Å². The second-order valence-electron chi connectivity index (χ2n) is 4.72. The predicted molar refractivity (Wildman–Crippen MR) is 71.1 cm³/mol. The van der Waals surface area contributed by atoms with E-state index in [4.69, 9.17) is 0 Å². The van der Waals surface area contributed by atoms with Gasteiger partial charge in [-0.3, -0.25) is 0 Å². The Morgan fingerprint density at radius 3 is 3.06 bits per heavy atom. The van der Waals surface area contributed by atoms with Gasteiger partial charge in [0, 0.05) is 12.2 Å². The van der Waals surface area contributed by atoms with Crippen molar-refractivity contribution in [1.82, 2.24) is 14.6 Å². The van der Waals surface area contributed by atoms with Gasteiger partial charge in [-0.1, -0.05) is 13.3 Å². The van der Waals surface area contributed by atoms with Gasteiger partial charge in [-0.25, -0.2) is 4.52 Å². The molecule has 17 heavy (non-hydrogen) atoms. The first-order valence-corrected chi connectivity index (χ1v) is 6.81. The van der Waals surface area contributed by atoms with Crippen LogP contribution >= 0.6 is 15.9 Å². The molecule has 2 aromatic rings. The van der Waals surface area contributed by atoms with E-state index >= 15 is 0 Å². The molecule has 1 N–H and O–H groups in total. The SMILES string of the molecule is CC1CCCC1Nc1nc2c(Br)cccn2n1. The first-order valence-electron chi connectivity index (χ1n) is 6.01. The monoisotopic (exact) mass is 294 g/mol. The number of rotatable bonds is 2. The van der Waals surface area contributed by atoms with Gasteiger partial charge >= 0.3 is 0 Å². The number of hydrogen-bond acceptors (Lipinski definition) is 3. The van der Waals surface area contributed by atoms with Crippen molar-refractivity contribution in [3.05, 3.63) is 22.8 Å². The summed E-state index contributed by atoms with van der Waals surface area (Å²) >= 11 is 3.48. The Balaban J connectivity index is 1.88. The van der Waals surface area contributed by atoms with Crippen molar-refractivity contribution < 1.29 is 0 Å². The summed E-state index contributed by atoms with van der Waals surface area (Å²) in [4.78, 5) is 4.50. The van der Waals surface area contributed by atoms with Gasteiger partial charge in [0.05, 0.1) is 4.47 Å². The maximum atomic E-state index is 4.50. The minimum atomic E-state index is 0.520. The van der Waals surface area contributed by atoms with E-state index in [0.29, 0.717) is 12.0 Å². The van der Waals surface area contributed by atoms with Crippen LogP contribution in [0.1, 0.15) is 26.2 Å². The lowest BCUT2D eigenvalue weighted by Gasteiger charge is -2.15. The topological polar surface area (TPSA) is 42.2 Å². The van der Waals surface area contributed by atoms with Crippen LogP contribution in [0.5, 0.6) is 0 Å². The third-order valence-corrected chi connectivity index (χ3v) is 4.11. The van der Waals surface area contributed by atoms with E-state index in [0.717, 1.165) is 16.1 Å². The van der Waals surface area contributed by atoms with Crippen molar-refractivity contribution in [2.24, 2.45) is 5.92 Å². The Kier molecular flexibility index (Phi) is 2.78. The first kappa shape index (κ1) is 11.0. The maximum Gasteiger partial charge on any atom is 0.243 e. The summed E-state index contributed by atoms with van der Waals surface area (Å²) in [5.41, 5.74) is 0.862. The number of fused-ring (bicyclic) bond motifs is 1. The highest BCUT2D eigenvalue weighted by molar-refractivity contribution is 9.10. The molecular weight excluding hydrogens is 280 g/mol. The van der Waals surface area contributed by atoms with Crippen molar-refractivity contribution in [2.75, 3.05) is 5.32 Å². The molecule has 5 heteroatoms. The summed E-state index contributed by atoms with van der Waals surface area (Å²) in [5.74, 6) is 1.45. The summed E-state index contributed by atoms with van der Waals surface area (Å²) in [6.45, 7) is 2.29. The van der Waals surface area contributed by atoms with Gasteiger partial charge in [0.1, 0.15) is 0 Å². The van der Waals surface area contributed by atoms with Crippen LogP contribution < -0.4 is 5.32 Å². The van der Waals surface area contributed by atoms with E-state index in [-0.39, 0.29) is 0 Å². The number of aromatic nitrogens is 3. The summed E-state index contributed by atoms with van der Waals surface area (Å²) in [7, 11) is 0. The lowest BCUT2D eigenvalue weighted by Crippen LogP contribution is -2.22. The maximum absolute atomic E-state index is 4.50. The van der Waals surface area contributed by atoms with Crippen LogP contribution in [0.2, 0.25) is 0 Å². The van der Waals surface area contributed by atoms with E-state index in [1.165, 1.54) is 19.3 Å². The van der Waals surface area contributed by atoms with Gasteiger partial charge in [-0.2, -0.15) is 4.98 Å². The lowest BCUT2D eigenvalue weighted by molar-refractivity contribution is 0.553. The molecule has 0 amide bonds. The van der Waals surface area contributed by atoms with Crippen LogP contribution in [0.15, 0.2) is 22.8 Å². The minimum Gasteiger partial charge on any atom is -0.350 e. The molecule has 1 fully saturated rings. The Bertz CT molecular complexity index is 536. The van der Waals surface area contributed by atoms with Gasteiger partial charge in [-0.05, 0) is 46.8 Å². The molecule has 2 aromatic heterocycles. The van der Waals surface area contributed by atoms with E-state index in [2.05, 4.69) is 38.3 Å². The first-order chi connectivity index (χ1) is 8.24. The second kappa shape index (κ2) is 4.29. The van der Waals surface area contributed by atoms with Crippen LogP contribution in [0.25, 0.3) is 5.65 Å². The normalized spacial score (nSPS) is 24.4. The zero-order valence-electron chi connectivity index (χ0n) is 9.73. The standard InChI is InChI=1S/C12H15BrN4/c1-8-4-2-6-10(8)14-12-15-11-9(13)5-3-7-17(11)16-12/h3,5,7-8,10H,2,4,6H2,1H3,(H,14,16). The molecule has 0 spiro atoms. The van der Waals surface area contributed by atoms with E-state index in [9.17, 15) is 0 Å². The molecule has 1 aliphatic carbocycles. The van der Waals surface area contributed by atoms with Crippen molar-refractivity contribution >= 4 is 27.5 Å². The number of pyridine rings is 1. The summed E-state index contributed by atoms with van der Waals surface area (Å²) < 4.78 is 2.77. The van der Waals surface area contributed by atoms with Gasteiger partial charge < -0.3 is 5.32 Å².